The monoisotopic (exact) mass is 205 g/mol. The predicted molar refractivity (Wildman–Crippen MR) is 53.0 cm³/mol. The van der Waals surface area contributed by atoms with Gasteiger partial charge in [0.1, 0.15) is 6.04 Å². The minimum Gasteiger partial charge on any atom is -0.325 e. The summed E-state index contributed by atoms with van der Waals surface area (Å²) in [6.07, 6.45) is 3.85. The number of amides is 3. The quantitative estimate of drug-likeness (QED) is 0.700. The van der Waals surface area contributed by atoms with Crippen LogP contribution in [0.4, 0.5) is 4.79 Å². The van der Waals surface area contributed by atoms with Crippen molar-refractivity contribution < 1.29 is 9.59 Å². The molecule has 5 heteroatoms. The van der Waals surface area contributed by atoms with Crippen LogP contribution in [0.5, 0.6) is 0 Å². The van der Waals surface area contributed by atoms with Gasteiger partial charge in [-0.15, -0.1) is 0 Å². The van der Waals surface area contributed by atoms with E-state index in [0.29, 0.717) is 6.42 Å². The molecule has 5 nitrogen and oxygen atoms in total. The number of pyridine rings is 1. The van der Waals surface area contributed by atoms with Crippen molar-refractivity contribution in [2.24, 2.45) is 0 Å². The van der Waals surface area contributed by atoms with Crippen molar-refractivity contribution in [1.82, 2.24) is 15.2 Å². The van der Waals surface area contributed by atoms with Gasteiger partial charge in [0.2, 0.25) is 0 Å². The van der Waals surface area contributed by atoms with E-state index in [2.05, 4.69) is 10.3 Å². The highest BCUT2D eigenvalue weighted by Crippen LogP contribution is 2.09. The Bertz CT molecular complexity index is 391. The van der Waals surface area contributed by atoms with Gasteiger partial charge in [0.05, 0.1) is 0 Å². The first-order valence-electron chi connectivity index (χ1n) is 4.65. The van der Waals surface area contributed by atoms with E-state index in [0.717, 1.165) is 10.5 Å². The number of hydrogen-bond acceptors (Lipinski definition) is 3. The number of aromatic nitrogens is 1. The lowest BCUT2D eigenvalue weighted by Crippen LogP contribution is -2.31. The Morgan fingerprint density at radius 2 is 2.33 bits per heavy atom. The van der Waals surface area contributed by atoms with Crippen molar-refractivity contribution in [3.8, 4) is 0 Å². The molecule has 1 atom stereocenters. The van der Waals surface area contributed by atoms with Crippen LogP contribution in [0.15, 0.2) is 24.5 Å². The van der Waals surface area contributed by atoms with Crippen LogP contribution in [0.1, 0.15) is 5.56 Å². The Balaban J connectivity index is 2.09. The van der Waals surface area contributed by atoms with Crippen LogP contribution in [-0.2, 0) is 11.2 Å². The first kappa shape index (κ1) is 9.64. The lowest BCUT2D eigenvalue weighted by molar-refractivity contribution is -0.126. The molecular formula is C10H11N3O2. The molecule has 1 aliphatic rings. The summed E-state index contributed by atoms with van der Waals surface area (Å²) in [6, 6.07) is 2.89. The van der Waals surface area contributed by atoms with Crippen LogP contribution in [0.2, 0.25) is 0 Å². The molecule has 1 N–H and O–H groups in total. The average molecular weight is 205 g/mol. The fraction of sp³-hybridized carbons (Fsp3) is 0.300. The summed E-state index contributed by atoms with van der Waals surface area (Å²) in [4.78, 5) is 27.8. The molecule has 2 heterocycles. The SMILES string of the molecule is CN1C(=O)N[C@H](Cc2cccnc2)C1=O. The van der Waals surface area contributed by atoms with Crippen molar-refractivity contribution in [2.45, 2.75) is 12.5 Å². The Morgan fingerprint density at radius 3 is 2.87 bits per heavy atom. The standard InChI is InChI=1S/C10H11N3O2/c1-13-9(14)8(12-10(13)15)5-7-3-2-4-11-6-7/h2-4,6,8H,5H2,1H3,(H,12,15)/t8-/m1/s1. The summed E-state index contributed by atoms with van der Waals surface area (Å²) in [5.41, 5.74) is 0.937. The lowest BCUT2D eigenvalue weighted by atomic mass is 10.1. The molecule has 1 aromatic rings. The number of imide groups is 1. The molecule has 1 saturated heterocycles. The zero-order chi connectivity index (χ0) is 10.8. The summed E-state index contributed by atoms with van der Waals surface area (Å²) >= 11 is 0. The number of carbonyl (C=O) groups excluding carboxylic acids is 2. The van der Waals surface area contributed by atoms with Gasteiger partial charge in [0.25, 0.3) is 5.91 Å². The second-order valence-corrected chi connectivity index (χ2v) is 3.46. The molecule has 0 aromatic carbocycles. The molecule has 0 aliphatic carbocycles. The van der Waals surface area contributed by atoms with E-state index in [4.69, 9.17) is 0 Å². The summed E-state index contributed by atoms with van der Waals surface area (Å²) in [6.45, 7) is 0. The number of nitrogens with zero attached hydrogens (tertiary/aromatic N) is 2. The molecule has 0 unspecified atom stereocenters. The maximum Gasteiger partial charge on any atom is 0.324 e. The smallest absolute Gasteiger partial charge is 0.324 e. The second-order valence-electron chi connectivity index (χ2n) is 3.46. The van der Waals surface area contributed by atoms with Crippen molar-refractivity contribution in [2.75, 3.05) is 7.05 Å². The predicted octanol–water partition coefficient (Wildman–Crippen LogP) is 0.174. The molecule has 78 valence electrons. The topological polar surface area (TPSA) is 62.3 Å². The molecule has 1 aliphatic heterocycles. The first-order valence-corrected chi connectivity index (χ1v) is 4.65. The molecule has 15 heavy (non-hydrogen) atoms. The lowest BCUT2D eigenvalue weighted by Gasteiger charge is -2.06. The Labute approximate surface area is 87.1 Å². The van der Waals surface area contributed by atoms with Gasteiger partial charge in [-0.05, 0) is 11.6 Å². The molecule has 2 rings (SSSR count). The van der Waals surface area contributed by atoms with Gasteiger partial charge in [-0.3, -0.25) is 14.7 Å². The van der Waals surface area contributed by atoms with Crippen LogP contribution in [0.25, 0.3) is 0 Å². The van der Waals surface area contributed by atoms with Crippen molar-refractivity contribution in [3.63, 3.8) is 0 Å². The number of nitrogens with one attached hydrogen (secondary N) is 1. The molecule has 0 radical (unpaired) electrons. The van der Waals surface area contributed by atoms with Crippen molar-refractivity contribution in [3.05, 3.63) is 30.1 Å². The third kappa shape index (κ3) is 1.81. The van der Waals surface area contributed by atoms with E-state index in [-0.39, 0.29) is 11.9 Å². The average Bonchev–Trinajstić information content (AvgIpc) is 2.48. The summed E-state index contributed by atoms with van der Waals surface area (Å²) in [5, 5.41) is 2.61. The van der Waals surface area contributed by atoms with Crippen LogP contribution in [-0.4, -0.2) is 34.9 Å². The van der Waals surface area contributed by atoms with E-state index < -0.39 is 6.04 Å². The van der Waals surface area contributed by atoms with E-state index in [1.807, 2.05) is 6.07 Å². The second kappa shape index (κ2) is 3.68. The van der Waals surface area contributed by atoms with Gasteiger partial charge in [-0.1, -0.05) is 6.07 Å². The van der Waals surface area contributed by atoms with Gasteiger partial charge >= 0.3 is 6.03 Å². The summed E-state index contributed by atoms with van der Waals surface area (Å²) < 4.78 is 0. The minimum atomic E-state index is -0.452. The van der Waals surface area contributed by atoms with E-state index in [9.17, 15) is 9.59 Å². The van der Waals surface area contributed by atoms with E-state index in [1.54, 1.807) is 18.5 Å². The molecule has 1 aromatic heterocycles. The number of likely N-dealkylation sites (N-methyl/N-ethyl adjacent to an activating group) is 1. The fourth-order valence-electron chi connectivity index (χ4n) is 1.53. The summed E-state index contributed by atoms with van der Waals surface area (Å²) in [5.74, 6) is -0.191. The third-order valence-corrected chi connectivity index (χ3v) is 2.39. The zero-order valence-corrected chi connectivity index (χ0v) is 8.30. The summed E-state index contributed by atoms with van der Waals surface area (Å²) in [7, 11) is 1.47. The van der Waals surface area contributed by atoms with Crippen molar-refractivity contribution >= 4 is 11.9 Å². The van der Waals surface area contributed by atoms with E-state index >= 15 is 0 Å². The van der Waals surface area contributed by atoms with Gasteiger partial charge in [0, 0.05) is 25.9 Å². The maximum atomic E-state index is 11.5. The van der Waals surface area contributed by atoms with Crippen LogP contribution in [0.3, 0.4) is 0 Å². The molecule has 0 bridgehead atoms. The minimum absolute atomic E-state index is 0.191. The number of carbonyl (C=O) groups is 2. The molecule has 3 amide bonds. The molecule has 1 fully saturated rings. The first-order chi connectivity index (χ1) is 7.18. The van der Waals surface area contributed by atoms with Crippen LogP contribution < -0.4 is 5.32 Å². The highest BCUT2D eigenvalue weighted by molar-refractivity contribution is 6.03. The third-order valence-electron chi connectivity index (χ3n) is 2.39. The van der Waals surface area contributed by atoms with Crippen molar-refractivity contribution in [1.29, 1.82) is 0 Å². The van der Waals surface area contributed by atoms with Gasteiger partial charge < -0.3 is 5.32 Å². The highest BCUT2D eigenvalue weighted by atomic mass is 16.2. The molecule has 0 saturated carbocycles. The van der Waals surface area contributed by atoms with Crippen LogP contribution >= 0.6 is 0 Å². The van der Waals surface area contributed by atoms with Crippen LogP contribution in [0, 0.1) is 0 Å². The normalized spacial score (nSPS) is 20.6. The highest BCUT2D eigenvalue weighted by Gasteiger charge is 2.34. The fourth-order valence-corrected chi connectivity index (χ4v) is 1.53. The Hall–Kier alpha value is -1.91. The number of hydrogen-bond donors (Lipinski definition) is 1. The van der Waals surface area contributed by atoms with Gasteiger partial charge in [0.15, 0.2) is 0 Å². The zero-order valence-electron chi connectivity index (χ0n) is 8.30. The van der Waals surface area contributed by atoms with Gasteiger partial charge in [-0.2, -0.15) is 0 Å². The van der Waals surface area contributed by atoms with E-state index in [1.165, 1.54) is 7.05 Å². The number of urea groups is 1. The Kier molecular flexibility index (Phi) is 2.37. The molecular weight excluding hydrogens is 194 g/mol. The van der Waals surface area contributed by atoms with Gasteiger partial charge in [-0.25, -0.2) is 4.79 Å². The Morgan fingerprint density at radius 1 is 1.53 bits per heavy atom. The largest absolute Gasteiger partial charge is 0.325 e. The molecule has 0 spiro atoms. The maximum absolute atomic E-state index is 11.5. The number of rotatable bonds is 2.